The molecule has 0 radical (unpaired) electrons. The van der Waals surface area contributed by atoms with Crippen molar-refractivity contribution in [3.8, 4) is 11.8 Å². The van der Waals surface area contributed by atoms with E-state index in [1.165, 1.54) is 6.33 Å². The molecule has 2 rings (SSSR count). The summed E-state index contributed by atoms with van der Waals surface area (Å²) < 4.78 is 5.28. The summed E-state index contributed by atoms with van der Waals surface area (Å²) in [5.74, 6) is 1.65. The van der Waals surface area contributed by atoms with E-state index >= 15 is 0 Å². The number of benzene rings is 1. The first-order valence-corrected chi connectivity index (χ1v) is 5.62. The highest BCUT2D eigenvalue weighted by atomic mass is 16.5. The largest absolute Gasteiger partial charge is 0.490 e. The Labute approximate surface area is 111 Å². The van der Waals surface area contributed by atoms with Crippen LogP contribution in [0.1, 0.15) is 5.56 Å². The molecule has 0 aliphatic heterocycles. The van der Waals surface area contributed by atoms with E-state index in [1.807, 2.05) is 6.07 Å². The second-order valence-electron chi connectivity index (χ2n) is 3.67. The fourth-order valence-corrected chi connectivity index (χ4v) is 1.64. The Morgan fingerprint density at radius 1 is 1.26 bits per heavy atom. The van der Waals surface area contributed by atoms with Crippen molar-refractivity contribution in [1.82, 2.24) is 9.97 Å². The van der Waals surface area contributed by atoms with Gasteiger partial charge in [0.25, 0.3) is 0 Å². The van der Waals surface area contributed by atoms with Gasteiger partial charge in [0, 0.05) is 12.7 Å². The minimum atomic E-state index is 0.521. The second-order valence-corrected chi connectivity index (χ2v) is 3.67. The second kappa shape index (κ2) is 5.69. The summed E-state index contributed by atoms with van der Waals surface area (Å²) in [7, 11) is 3.31. The van der Waals surface area contributed by atoms with Gasteiger partial charge in [-0.1, -0.05) is 6.07 Å². The van der Waals surface area contributed by atoms with Gasteiger partial charge in [0.15, 0.2) is 11.6 Å². The highest BCUT2D eigenvalue weighted by Crippen LogP contribution is 2.30. The number of hydrogen-bond donors (Lipinski definition) is 2. The third kappa shape index (κ3) is 2.72. The van der Waals surface area contributed by atoms with Gasteiger partial charge >= 0.3 is 0 Å². The molecule has 0 bridgehead atoms. The molecule has 19 heavy (non-hydrogen) atoms. The monoisotopic (exact) mass is 255 g/mol. The van der Waals surface area contributed by atoms with Crippen molar-refractivity contribution in [1.29, 1.82) is 5.26 Å². The Bertz CT molecular complexity index is 621. The number of ether oxygens (including phenoxy) is 1. The lowest BCUT2D eigenvalue weighted by Crippen LogP contribution is -2.03. The topological polar surface area (TPSA) is 82.9 Å². The molecule has 1 aromatic carbocycles. The molecule has 0 saturated carbocycles. The molecule has 0 unspecified atom stereocenters. The molecule has 6 heteroatoms. The first-order valence-electron chi connectivity index (χ1n) is 5.62. The highest BCUT2D eigenvalue weighted by molar-refractivity contribution is 5.69. The molecule has 0 aliphatic carbocycles. The van der Waals surface area contributed by atoms with E-state index in [0.29, 0.717) is 22.9 Å². The first kappa shape index (κ1) is 12.6. The lowest BCUT2D eigenvalue weighted by atomic mass is 10.2. The molecule has 2 aromatic rings. The molecule has 0 amide bonds. The lowest BCUT2D eigenvalue weighted by molar-refractivity contribution is 0.415. The molecule has 0 spiro atoms. The maximum Gasteiger partial charge on any atom is 0.204 e. The average Bonchev–Trinajstić information content (AvgIpc) is 2.47. The van der Waals surface area contributed by atoms with Crippen LogP contribution in [-0.4, -0.2) is 24.1 Å². The third-order valence-electron chi connectivity index (χ3n) is 2.50. The van der Waals surface area contributed by atoms with Crippen LogP contribution in [0.2, 0.25) is 0 Å². The summed E-state index contributed by atoms with van der Waals surface area (Å²) in [6, 6.07) is 9.21. The van der Waals surface area contributed by atoms with Crippen LogP contribution in [0.25, 0.3) is 0 Å². The van der Waals surface area contributed by atoms with Crippen LogP contribution in [0.15, 0.2) is 30.6 Å². The molecule has 0 aliphatic rings. The number of nitriles is 1. The van der Waals surface area contributed by atoms with Crippen molar-refractivity contribution in [3.63, 3.8) is 0 Å². The van der Waals surface area contributed by atoms with Gasteiger partial charge in [-0.2, -0.15) is 5.26 Å². The van der Waals surface area contributed by atoms with Crippen LogP contribution in [0, 0.1) is 11.3 Å². The van der Waals surface area contributed by atoms with Crippen molar-refractivity contribution in [2.24, 2.45) is 0 Å². The van der Waals surface area contributed by atoms with Crippen LogP contribution in [0.3, 0.4) is 0 Å². The normalized spacial score (nSPS) is 9.53. The molecular formula is C13H13N5O. The molecule has 0 atom stereocenters. The van der Waals surface area contributed by atoms with E-state index in [4.69, 9.17) is 10.00 Å². The van der Waals surface area contributed by atoms with Gasteiger partial charge in [-0.25, -0.2) is 9.97 Å². The average molecular weight is 255 g/mol. The van der Waals surface area contributed by atoms with Crippen LogP contribution in [0.4, 0.5) is 17.3 Å². The molecule has 0 saturated heterocycles. The van der Waals surface area contributed by atoms with E-state index in [-0.39, 0.29) is 0 Å². The number of methoxy groups -OCH3 is 1. The zero-order chi connectivity index (χ0) is 13.7. The summed E-state index contributed by atoms with van der Waals surface area (Å²) in [5, 5.41) is 14.9. The standard InChI is InChI=1S/C13H13N5O/c1-15-12-11(19-2)13(17-8-16-12)18-10-5-3-4-9(6-10)7-14/h3-6,8H,1-2H3,(H2,15,16,17,18). The zero-order valence-electron chi connectivity index (χ0n) is 10.6. The van der Waals surface area contributed by atoms with Crippen molar-refractivity contribution in [2.75, 3.05) is 24.8 Å². The van der Waals surface area contributed by atoms with Crippen LogP contribution >= 0.6 is 0 Å². The van der Waals surface area contributed by atoms with Crippen LogP contribution in [0.5, 0.6) is 5.75 Å². The fourth-order valence-electron chi connectivity index (χ4n) is 1.64. The van der Waals surface area contributed by atoms with E-state index in [1.54, 1.807) is 32.4 Å². The molecule has 1 aromatic heterocycles. The van der Waals surface area contributed by atoms with Crippen molar-refractivity contribution in [3.05, 3.63) is 36.2 Å². The third-order valence-corrected chi connectivity index (χ3v) is 2.50. The lowest BCUT2D eigenvalue weighted by Gasteiger charge is -2.12. The maximum atomic E-state index is 8.87. The Morgan fingerprint density at radius 3 is 2.74 bits per heavy atom. The Hall–Kier alpha value is -2.81. The SMILES string of the molecule is CNc1ncnc(Nc2cccc(C#N)c2)c1OC. The number of rotatable bonds is 4. The zero-order valence-corrected chi connectivity index (χ0v) is 10.6. The van der Waals surface area contributed by atoms with Crippen LogP contribution < -0.4 is 15.4 Å². The molecule has 1 heterocycles. The first-order chi connectivity index (χ1) is 9.28. The van der Waals surface area contributed by atoms with Gasteiger partial charge in [-0.3, -0.25) is 0 Å². The number of nitrogens with zero attached hydrogens (tertiary/aromatic N) is 3. The maximum absolute atomic E-state index is 8.87. The quantitative estimate of drug-likeness (QED) is 0.871. The molecular weight excluding hydrogens is 242 g/mol. The number of anilines is 3. The van der Waals surface area contributed by atoms with Gasteiger partial charge in [-0.05, 0) is 18.2 Å². The van der Waals surface area contributed by atoms with E-state index < -0.39 is 0 Å². The van der Waals surface area contributed by atoms with Gasteiger partial charge in [0.2, 0.25) is 5.75 Å². The van der Waals surface area contributed by atoms with Crippen LogP contribution in [-0.2, 0) is 0 Å². The predicted molar refractivity (Wildman–Crippen MR) is 72.6 cm³/mol. The molecule has 6 nitrogen and oxygen atoms in total. The molecule has 96 valence electrons. The highest BCUT2D eigenvalue weighted by Gasteiger charge is 2.11. The summed E-state index contributed by atoms with van der Waals surface area (Å²) in [4.78, 5) is 8.20. The van der Waals surface area contributed by atoms with Gasteiger partial charge < -0.3 is 15.4 Å². The Kier molecular flexibility index (Phi) is 3.78. The minimum Gasteiger partial charge on any atom is -0.490 e. The van der Waals surface area contributed by atoms with E-state index in [0.717, 1.165) is 5.69 Å². The predicted octanol–water partition coefficient (Wildman–Crippen LogP) is 2.14. The minimum absolute atomic E-state index is 0.521. The van der Waals surface area contributed by atoms with Crippen molar-refractivity contribution >= 4 is 17.3 Å². The molecule has 0 fully saturated rings. The Morgan fingerprint density at radius 2 is 2.05 bits per heavy atom. The number of aromatic nitrogens is 2. The number of nitrogens with one attached hydrogen (secondary N) is 2. The summed E-state index contributed by atoms with van der Waals surface area (Å²) >= 11 is 0. The number of hydrogen-bond acceptors (Lipinski definition) is 6. The molecule has 2 N–H and O–H groups in total. The smallest absolute Gasteiger partial charge is 0.204 e. The fraction of sp³-hybridized carbons (Fsp3) is 0.154. The Balaban J connectivity index is 2.35. The van der Waals surface area contributed by atoms with Crippen molar-refractivity contribution in [2.45, 2.75) is 0 Å². The summed E-state index contributed by atoms with van der Waals surface area (Å²) in [6.07, 6.45) is 1.44. The van der Waals surface area contributed by atoms with Crippen molar-refractivity contribution < 1.29 is 4.74 Å². The van der Waals surface area contributed by atoms with E-state index in [2.05, 4.69) is 26.7 Å². The van der Waals surface area contributed by atoms with E-state index in [9.17, 15) is 0 Å². The van der Waals surface area contributed by atoms with Gasteiger partial charge in [-0.15, -0.1) is 0 Å². The summed E-state index contributed by atoms with van der Waals surface area (Å²) in [6.45, 7) is 0. The summed E-state index contributed by atoms with van der Waals surface area (Å²) in [5.41, 5.74) is 1.34. The van der Waals surface area contributed by atoms with Gasteiger partial charge in [0.1, 0.15) is 6.33 Å². The van der Waals surface area contributed by atoms with Gasteiger partial charge in [0.05, 0.1) is 18.7 Å².